The van der Waals surface area contributed by atoms with Crippen molar-refractivity contribution in [1.82, 2.24) is 9.97 Å². The van der Waals surface area contributed by atoms with Gasteiger partial charge in [-0.25, -0.2) is 4.98 Å². The molecular formula is C14H8ClN3OS. The Balaban J connectivity index is 1.72. The summed E-state index contributed by atoms with van der Waals surface area (Å²) < 4.78 is 6.67. The summed E-state index contributed by atoms with van der Waals surface area (Å²) in [6.45, 7) is 0. The molecule has 0 radical (unpaired) electrons. The van der Waals surface area contributed by atoms with E-state index in [1.165, 1.54) is 11.3 Å². The summed E-state index contributed by atoms with van der Waals surface area (Å²) in [5.41, 5.74) is 2.43. The normalized spacial score (nSPS) is 11.2. The van der Waals surface area contributed by atoms with E-state index in [4.69, 9.17) is 16.0 Å². The van der Waals surface area contributed by atoms with Gasteiger partial charge in [0.15, 0.2) is 10.7 Å². The molecule has 1 N–H and O–H groups in total. The van der Waals surface area contributed by atoms with Crippen LogP contribution in [0.2, 0.25) is 5.02 Å². The first-order valence-corrected chi connectivity index (χ1v) is 7.16. The molecule has 0 bridgehead atoms. The van der Waals surface area contributed by atoms with Crippen LogP contribution in [-0.4, -0.2) is 9.97 Å². The van der Waals surface area contributed by atoms with Crippen molar-refractivity contribution in [1.29, 1.82) is 0 Å². The summed E-state index contributed by atoms with van der Waals surface area (Å²) in [4.78, 5) is 8.82. The third kappa shape index (κ3) is 2.01. The van der Waals surface area contributed by atoms with Crippen molar-refractivity contribution in [3.8, 4) is 0 Å². The molecule has 2 heterocycles. The molecule has 0 fully saturated rings. The van der Waals surface area contributed by atoms with E-state index >= 15 is 0 Å². The number of aromatic nitrogens is 2. The Morgan fingerprint density at radius 3 is 2.85 bits per heavy atom. The largest absolute Gasteiger partial charge is 0.423 e. The lowest BCUT2D eigenvalue weighted by Crippen LogP contribution is -1.88. The average molecular weight is 302 g/mol. The zero-order valence-electron chi connectivity index (χ0n) is 10.1. The number of nitrogens with zero attached hydrogens (tertiary/aromatic N) is 2. The van der Waals surface area contributed by atoms with E-state index in [1.54, 1.807) is 0 Å². The minimum atomic E-state index is 0.441. The maximum Gasteiger partial charge on any atom is 0.302 e. The van der Waals surface area contributed by atoms with Crippen molar-refractivity contribution in [3.05, 3.63) is 47.5 Å². The number of halogens is 1. The van der Waals surface area contributed by atoms with Crippen LogP contribution >= 0.6 is 22.9 Å². The summed E-state index contributed by atoms with van der Waals surface area (Å²) in [5.74, 6) is 0. The SMILES string of the molecule is Clc1ccc2sc(Nc3nc4ccccc4o3)nc2c1. The second kappa shape index (κ2) is 4.47. The van der Waals surface area contributed by atoms with Gasteiger partial charge in [0.1, 0.15) is 5.52 Å². The molecule has 0 aliphatic carbocycles. The summed E-state index contributed by atoms with van der Waals surface area (Å²) in [6, 6.07) is 13.7. The minimum absolute atomic E-state index is 0.441. The molecule has 2 aromatic carbocycles. The van der Waals surface area contributed by atoms with Crippen molar-refractivity contribution < 1.29 is 4.42 Å². The van der Waals surface area contributed by atoms with E-state index in [0.717, 1.165) is 26.4 Å². The van der Waals surface area contributed by atoms with Crippen LogP contribution in [0.4, 0.5) is 11.1 Å². The maximum atomic E-state index is 5.95. The molecule has 0 aliphatic heterocycles. The number of fused-ring (bicyclic) bond motifs is 2. The van der Waals surface area contributed by atoms with E-state index in [-0.39, 0.29) is 0 Å². The highest BCUT2D eigenvalue weighted by Crippen LogP contribution is 2.30. The molecule has 4 aromatic rings. The number of benzene rings is 2. The molecule has 0 aliphatic rings. The van der Waals surface area contributed by atoms with Gasteiger partial charge in [-0.1, -0.05) is 35.1 Å². The zero-order chi connectivity index (χ0) is 13.5. The highest BCUT2D eigenvalue weighted by molar-refractivity contribution is 7.22. The second-order valence-electron chi connectivity index (χ2n) is 4.24. The van der Waals surface area contributed by atoms with Crippen LogP contribution in [0.3, 0.4) is 0 Å². The lowest BCUT2D eigenvalue weighted by atomic mass is 10.3. The number of para-hydroxylation sites is 2. The van der Waals surface area contributed by atoms with Crippen LogP contribution in [0, 0.1) is 0 Å². The van der Waals surface area contributed by atoms with Crippen molar-refractivity contribution in [2.45, 2.75) is 0 Å². The van der Waals surface area contributed by atoms with Gasteiger partial charge in [-0.15, -0.1) is 0 Å². The van der Waals surface area contributed by atoms with Crippen LogP contribution in [0.25, 0.3) is 21.3 Å². The Bertz CT molecular complexity index is 882. The molecule has 0 amide bonds. The number of nitrogens with one attached hydrogen (secondary N) is 1. The molecule has 0 saturated carbocycles. The van der Waals surface area contributed by atoms with Gasteiger partial charge in [-0.05, 0) is 30.3 Å². The Morgan fingerprint density at radius 2 is 1.95 bits per heavy atom. The average Bonchev–Trinajstić information content (AvgIpc) is 3.00. The van der Waals surface area contributed by atoms with Gasteiger partial charge in [0.25, 0.3) is 0 Å². The maximum absolute atomic E-state index is 5.95. The lowest BCUT2D eigenvalue weighted by molar-refractivity contribution is 0.623. The summed E-state index contributed by atoms with van der Waals surface area (Å²) >= 11 is 7.48. The van der Waals surface area contributed by atoms with Crippen LogP contribution in [-0.2, 0) is 0 Å². The minimum Gasteiger partial charge on any atom is -0.423 e. The van der Waals surface area contributed by atoms with Crippen LogP contribution in [0.1, 0.15) is 0 Å². The molecule has 20 heavy (non-hydrogen) atoms. The molecule has 0 spiro atoms. The lowest BCUT2D eigenvalue weighted by Gasteiger charge is -1.92. The van der Waals surface area contributed by atoms with E-state index in [2.05, 4.69) is 15.3 Å². The van der Waals surface area contributed by atoms with Crippen molar-refractivity contribution in [2.75, 3.05) is 5.32 Å². The standard InChI is InChI=1S/C14H8ClN3OS/c15-8-5-6-12-10(7-8)17-14(20-12)18-13-16-9-3-1-2-4-11(9)19-13/h1-7H,(H,16,17,18). The smallest absolute Gasteiger partial charge is 0.302 e. The summed E-state index contributed by atoms with van der Waals surface area (Å²) in [6.07, 6.45) is 0. The van der Waals surface area contributed by atoms with Crippen molar-refractivity contribution in [2.24, 2.45) is 0 Å². The van der Waals surface area contributed by atoms with E-state index in [0.29, 0.717) is 11.0 Å². The Morgan fingerprint density at radius 1 is 1.05 bits per heavy atom. The number of hydrogen-bond acceptors (Lipinski definition) is 5. The van der Waals surface area contributed by atoms with Crippen LogP contribution in [0.15, 0.2) is 46.9 Å². The molecule has 4 rings (SSSR count). The van der Waals surface area contributed by atoms with Crippen LogP contribution < -0.4 is 5.32 Å². The molecule has 0 saturated heterocycles. The van der Waals surface area contributed by atoms with Gasteiger partial charge in [0, 0.05) is 5.02 Å². The Labute approximate surface area is 123 Å². The molecule has 98 valence electrons. The Kier molecular flexibility index (Phi) is 2.61. The number of hydrogen-bond donors (Lipinski definition) is 1. The fourth-order valence-corrected chi connectivity index (χ4v) is 2.97. The third-order valence-corrected chi connectivity index (χ3v) is 4.04. The molecule has 0 unspecified atom stereocenters. The van der Waals surface area contributed by atoms with Gasteiger partial charge in [0.05, 0.1) is 10.2 Å². The predicted molar refractivity (Wildman–Crippen MR) is 81.9 cm³/mol. The number of oxazole rings is 1. The molecule has 6 heteroatoms. The fraction of sp³-hybridized carbons (Fsp3) is 0. The number of thiazole rings is 1. The van der Waals surface area contributed by atoms with E-state index in [9.17, 15) is 0 Å². The highest BCUT2D eigenvalue weighted by atomic mass is 35.5. The Hall–Kier alpha value is -2.11. The first-order valence-electron chi connectivity index (χ1n) is 5.97. The molecule has 0 atom stereocenters. The van der Waals surface area contributed by atoms with Gasteiger partial charge in [-0.2, -0.15) is 4.98 Å². The monoisotopic (exact) mass is 301 g/mol. The zero-order valence-corrected chi connectivity index (χ0v) is 11.7. The molecule has 2 aromatic heterocycles. The third-order valence-electron chi connectivity index (χ3n) is 2.86. The highest BCUT2D eigenvalue weighted by Gasteiger charge is 2.09. The second-order valence-corrected chi connectivity index (χ2v) is 5.71. The van der Waals surface area contributed by atoms with Gasteiger partial charge in [0.2, 0.25) is 0 Å². The quantitative estimate of drug-likeness (QED) is 0.576. The van der Waals surface area contributed by atoms with Crippen molar-refractivity contribution >= 4 is 55.4 Å². The predicted octanol–water partition coefficient (Wildman–Crippen LogP) is 4.83. The fourth-order valence-electron chi connectivity index (χ4n) is 1.97. The van der Waals surface area contributed by atoms with E-state index in [1.807, 2.05) is 42.5 Å². The van der Waals surface area contributed by atoms with Crippen LogP contribution in [0.5, 0.6) is 0 Å². The number of anilines is 2. The first kappa shape index (κ1) is 11.7. The number of rotatable bonds is 2. The topological polar surface area (TPSA) is 51.0 Å². The van der Waals surface area contributed by atoms with Gasteiger partial charge >= 0.3 is 6.01 Å². The first-order chi connectivity index (χ1) is 9.78. The van der Waals surface area contributed by atoms with Crippen molar-refractivity contribution in [3.63, 3.8) is 0 Å². The van der Waals surface area contributed by atoms with Gasteiger partial charge in [-0.3, -0.25) is 5.32 Å². The summed E-state index contributed by atoms with van der Waals surface area (Å²) in [7, 11) is 0. The van der Waals surface area contributed by atoms with Gasteiger partial charge < -0.3 is 4.42 Å². The molecular weight excluding hydrogens is 294 g/mol. The molecule has 4 nitrogen and oxygen atoms in total. The van der Waals surface area contributed by atoms with E-state index < -0.39 is 0 Å². The summed E-state index contributed by atoms with van der Waals surface area (Å²) in [5, 5.41) is 4.50.